The number of carbonyl (C=O) groups excluding carboxylic acids is 2. The molecule has 0 aliphatic rings. The zero-order chi connectivity index (χ0) is 19.9. The van der Waals surface area contributed by atoms with E-state index in [4.69, 9.17) is 15.7 Å². The lowest BCUT2D eigenvalue weighted by Gasteiger charge is -2.07. The lowest BCUT2D eigenvalue weighted by Crippen LogP contribution is -2.18. The number of esters is 1. The molecule has 0 spiro atoms. The standard InChI is InChI=1S/C19H22N4O3/c1-5-6-23-12(2)7-15(14(23)4)8-16(9-20)19(25)26-11-18(24)17(10-21)13(3)22/h7-8H,5-6,11,22H2,1-4H3. The molecule has 7 nitrogen and oxygen atoms in total. The van der Waals surface area contributed by atoms with E-state index in [2.05, 4.69) is 11.5 Å². The maximum Gasteiger partial charge on any atom is 0.349 e. The van der Waals surface area contributed by atoms with Gasteiger partial charge in [-0.05, 0) is 44.9 Å². The molecule has 0 radical (unpaired) electrons. The van der Waals surface area contributed by atoms with Crippen LogP contribution in [0.5, 0.6) is 0 Å². The number of rotatable bonds is 7. The van der Waals surface area contributed by atoms with Gasteiger partial charge in [-0.25, -0.2) is 4.79 Å². The summed E-state index contributed by atoms with van der Waals surface area (Å²) in [6, 6.07) is 5.34. The number of ether oxygens (including phenoxy) is 1. The smallest absolute Gasteiger partial charge is 0.349 e. The molecule has 0 saturated heterocycles. The maximum atomic E-state index is 12.1. The van der Waals surface area contributed by atoms with Crippen molar-refractivity contribution in [3.05, 3.63) is 39.9 Å². The van der Waals surface area contributed by atoms with Crippen LogP contribution < -0.4 is 5.73 Å². The lowest BCUT2D eigenvalue weighted by atomic mass is 10.1. The van der Waals surface area contributed by atoms with E-state index in [9.17, 15) is 14.9 Å². The first-order valence-electron chi connectivity index (χ1n) is 8.12. The fraction of sp³-hybridized carbons (Fsp3) is 0.368. The van der Waals surface area contributed by atoms with Crippen LogP contribution in [0, 0.1) is 36.5 Å². The van der Waals surface area contributed by atoms with Crippen molar-refractivity contribution in [1.29, 1.82) is 10.5 Å². The SMILES string of the molecule is CCCn1c(C)cc(C=C(C#N)C(=O)OCC(=O)C(C#N)=C(C)N)c1C. The van der Waals surface area contributed by atoms with E-state index in [1.807, 2.05) is 19.9 Å². The minimum atomic E-state index is -0.923. The van der Waals surface area contributed by atoms with E-state index < -0.39 is 18.4 Å². The van der Waals surface area contributed by atoms with Crippen molar-refractivity contribution in [3.8, 4) is 12.1 Å². The second-order valence-corrected chi connectivity index (χ2v) is 5.82. The third-order valence-electron chi connectivity index (χ3n) is 3.82. The number of carbonyl (C=O) groups is 2. The molecule has 0 amide bonds. The molecule has 1 rings (SSSR count). The van der Waals surface area contributed by atoms with Gasteiger partial charge in [0.05, 0.1) is 0 Å². The highest BCUT2D eigenvalue weighted by Gasteiger charge is 2.18. The van der Waals surface area contributed by atoms with E-state index in [1.54, 1.807) is 12.1 Å². The van der Waals surface area contributed by atoms with Gasteiger partial charge in [0.25, 0.3) is 0 Å². The van der Waals surface area contributed by atoms with Crippen LogP contribution in [0.15, 0.2) is 22.9 Å². The zero-order valence-corrected chi connectivity index (χ0v) is 15.4. The Kier molecular flexibility index (Phi) is 7.36. The molecule has 0 atom stereocenters. The molecular formula is C19H22N4O3. The summed E-state index contributed by atoms with van der Waals surface area (Å²) < 4.78 is 6.96. The first-order chi connectivity index (χ1) is 12.3. The van der Waals surface area contributed by atoms with Gasteiger partial charge in [0.15, 0.2) is 6.61 Å². The largest absolute Gasteiger partial charge is 0.453 e. The highest BCUT2D eigenvalue weighted by molar-refractivity contribution is 6.03. The van der Waals surface area contributed by atoms with E-state index in [-0.39, 0.29) is 16.8 Å². The van der Waals surface area contributed by atoms with Gasteiger partial charge < -0.3 is 15.0 Å². The average molecular weight is 354 g/mol. The number of Topliss-reactive ketones (excluding diaryl/α,β-unsaturated/α-hetero) is 1. The fourth-order valence-corrected chi connectivity index (χ4v) is 2.49. The normalized spacial score (nSPS) is 12.0. The van der Waals surface area contributed by atoms with Gasteiger partial charge in [-0.3, -0.25) is 4.79 Å². The predicted octanol–water partition coefficient (Wildman–Crippen LogP) is 2.29. The van der Waals surface area contributed by atoms with Gasteiger partial charge in [0, 0.05) is 23.6 Å². The lowest BCUT2D eigenvalue weighted by molar-refractivity contribution is -0.142. The molecule has 0 aliphatic heterocycles. The molecule has 0 aliphatic carbocycles. The second kappa shape index (κ2) is 9.24. The summed E-state index contributed by atoms with van der Waals surface area (Å²) in [6.45, 7) is 7.53. The second-order valence-electron chi connectivity index (χ2n) is 5.82. The molecule has 0 fully saturated rings. The highest BCUT2D eigenvalue weighted by Crippen LogP contribution is 2.19. The van der Waals surface area contributed by atoms with Crippen molar-refractivity contribution in [2.75, 3.05) is 6.61 Å². The number of hydrogen-bond donors (Lipinski definition) is 1. The Morgan fingerprint density at radius 3 is 2.46 bits per heavy atom. The number of allylic oxidation sites excluding steroid dienone is 1. The van der Waals surface area contributed by atoms with Crippen LogP contribution in [-0.2, 0) is 20.9 Å². The van der Waals surface area contributed by atoms with Crippen LogP contribution in [-0.4, -0.2) is 22.9 Å². The summed E-state index contributed by atoms with van der Waals surface area (Å²) in [4.78, 5) is 23.9. The highest BCUT2D eigenvalue weighted by atomic mass is 16.5. The van der Waals surface area contributed by atoms with Gasteiger partial charge in [-0.15, -0.1) is 0 Å². The van der Waals surface area contributed by atoms with E-state index in [0.717, 1.165) is 29.9 Å². The topological polar surface area (TPSA) is 122 Å². The summed E-state index contributed by atoms with van der Waals surface area (Å²) in [6.07, 6.45) is 2.40. The summed E-state index contributed by atoms with van der Waals surface area (Å²) >= 11 is 0. The van der Waals surface area contributed by atoms with Gasteiger partial charge in [-0.1, -0.05) is 6.92 Å². The number of aryl methyl sites for hydroxylation is 1. The first-order valence-corrected chi connectivity index (χ1v) is 8.12. The first kappa shape index (κ1) is 20.7. The monoisotopic (exact) mass is 354 g/mol. The molecule has 0 bridgehead atoms. The molecule has 0 saturated carbocycles. The van der Waals surface area contributed by atoms with Crippen LogP contribution in [0.1, 0.15) is 37.2 Å². The number of ketones is 1. The van der Waals surface area contributed by atoms with Crippen LogP contribution >= 0.6 is 0 Å². The summed E-state index contributed by atoms with van der Waals surface area (Å²) in [5.41, 5.74) is 7.71. The molecule has 136 valence electrons. The maximum absolute atomic E-state index is 12.1. The Morgan fingerprint density at radius 2 is 1.96 bits per heavy atom. The van der Waals surface area contributed by atoms with Gasteiger partial charge in [0.1, 0.15) is 23.3 Å². The van der Waals surface area contributed by atoms with Crippen LogP contribution in [0.2, 0.25) is 0 Å². The fourth-order valence-electron chi connectivity index (χ4n) is 2.49. The Labute approximate surface area is 153 Å². The molecule has 1 heterocycles. The van der Waals surface area contributed by atoms with Gasteiger partial charge >= 0.3 is 5.97 Å². The van der Waals surface area contributed by atoms with Crippen molar-refractivity contribution >= 4 is 17.8 Å². The summed E-state index contributed by atoms with van der Waals surface area (Å²) in [5, 5.41) is 18.1. The van der Waals surface area contributed by atoms with E-state index in [1.165, 1.54) is 13.0 Å². The Bertz CT molecular complexity index is 857. The third kappa shape index (κ3) is 4.84. The molecule has 2 N–H and O–H groups in total. The minimum Gasteiger partial charge on any atom is -0.453 e. The zero-order valence-electron chi connectivity index (χ0n) is 15.4. The molecular weight excluding hydrogens is 332 g/mol. The molecule has 0 unspecified atom stereocenters. The predicted molar refractivity (Wildman–Crippen MR) is 96.3 cm³/mol. The van der Waals surface area contributed by atoms with Gasteiger partial charge in [0.2, 0.25) is 5.78 Å². The quantitative estimate of drug-likeness (QED) is 0.455. The number of nitrogens with two attached hydrogens (primary N) is 1. The van der Waals surface area contributed by atoms with Crippen molar-refractivity contribution in [1.82, 2.24) is 4.57 Å². The Morgan fingerprint density at radius 1 is 1.31 bits per heavy atom. The number of nitriles is 2. The average Bonchev–Trinajstić information content (AvgIpc) is 2.85. The third-order valence-corrected chi connectivity index (χ3v) is 3.82. The van der Waals surface area contributed by atoms with Crippen LogP contribution in [0.25, 0.3) is 6.08 Å². The molecule has 26 heavy (non-hydrogen) atoms. The van der Waals surface area contributed by atoms with Crippen molar-refractivity contribution in [3.63, 3.8) is 0 Å². The number of aromatic nitrogens is 1. The van der Waals surface area contributed by atoms with Crippen molar-refractivity contribution in [2.24, 2.45) is 5.73 Å². The van der Waals surface area contributed by atoms with Crippen LogP contribution in [0.3, 0.4) is 0 Å². The Balaban J connectivity index is 2.98. The minimum absolute atomic E-state index is 0.0490. The molecule has 7 heteroatoms. The van der Waals surface area contributed by atoms with Crippen molar-refractivity contribution in [2.45, 2.75) is 40.7 Å². The molecule has 1 aromatic heterocycles. The summed E-state index contributed by atoms with van der Waals surface area (Å²) in [7, 11) is 0. The van der Waals surface area contributed by atoms with Crippen LogP contribution in [0.4, 0.5) is 0 Å². The van der Waals surface area contributed by atoms with Crippen molar-refractivity contribution < 1.29 is 14.3 Å². The van der Waals surface area contributed by atoms with E-state index in [0.29, 0.717) is 0 Å². The molecule has 1 aromatic rings. The Hall–Kier alpha value is -3.32. The van der Waals surface area contributed by atoms with E-state index >= 15 is 0 Å². The van der Waals surface area contributed by atoms with Gasteiger partial charge in [-0.2, -0.15) is 10.5 Å². The summed E-state index contributed by atoms with van der Waals surface area (Å²) in [5.74, 6) is -1.63. The number of hydrogen-bond acceptors (Lipinski definition) is 6. The molecule has 0 aromatic carbocycles. The number of nitrogens with zero attached hydrogens (tertiary/aromatic N) is 3.